The molecule has 18 heteroatoms. The molecule has 4 rings (SSSR count). The van der Waals surface area contributed by atoms with Crippen molar-refractivity contribution < 1.29 is 25.3 Å². The van der Waals surface area contributed by atoms with Gasteiger partial charge >= 0.3 is 0 Å². The van der Waals surface area contributed by atoms with Gasteiger partial charge in [-0.25, -0.2) is 40.7 Å². The number of aromatic nitrogens is 3. The molecule has 3 aromatic carbocycles. The van der Waals surface area contributed by atoms with Crippen molar-refractivity contribution in [2.75, 3.05) is 16.0 Å². The lowest BCUT2D eigenvalue weighted by atomic mass is 10.3. The van der Waals surface area contributed by atoms with Crippen LogP contribution < -0.4 is 31.4 Å². The van der Waals surface area contributed by atoms with Crippen LogP contribution in [0.5, 0.6) is 0 Å². The van der Waals surface area contributed by atoms with Gasteiger partial charge in [0.15, 0.2) is 0 Å². The van der Waals surface area contributed by atoms with E-state index in [1.54, 1.807) is 0 Å². The second-order valence-electron chi connectivity index (χ2n) is 7.89. The average molecular weight is 592 g/mol. The Bertz CT molecular complexity index is 1600. The first-order chi connectivity index (χ1) is 18.2. The van der Waals surface area contributed by atoms with Gasteiger partial charge in [-0.1, -0.05) is 0 Å². The maximum absolute atomic E-state index is 11.5. The summed E-state index contributed by atoms with van der Waals surface area (Å²) < 4.78 is 69.1. The van der Waals surface area contributed by atoms with Crippen molar-refractivity contribution in [2.45, 2.75) is 14.7 Å². The lowest BCUT2D eigenvalue weighted by Gasteiger charge is -2.12. The molecule has 0 spiro atoms. The van der Waals surface area contributed by atoms with Gasteiger partial charge in [0.05, 0.1) is 14.7 Å². The van der Waals surface area contributed by atoms with Crippen LogP contribution in [0.3, 0.4) is 0 Å². The Kier molecular flexibility index (Phi) is 7.50. The van der Waals surface area contributed by atoms with E-state index in [1.807, 2.05) is 0 Å². The molecule has 0 saturated carbocycles. The van der Waals surface area contributed by atoms with Gasteiger partial charge in [-0.3, -0.25) is 0 Å². The Balaban J connectivity index is 1.65. The maximum Gasteiger partial charge on any atom is 0.238 e. The first kappa shape index (κ1) is 27.8. The number of hydrogen-bond acceptors (Lipinski definition) is 12. The van der Waals surface area contributed by atoms with Crippen molar-refractivity contribution >= 4 is 65.0 Å². The third-order valence-corrected chi connectivity index (χ3v) is 7.74. The van der Waals surface area contributed by atoms with Gasteiger partial charge in [0, 0.05) is 17.1 Å². The van der Waals surface area contributed by atoms with Gasteiger partial charge in [-0.05, 0) is 72.8 Å². The normalized spacial score (nSPS) is 12.1. The third-order valence-electron chi connectivity index (χ3n) is 4.95. The number of rotatable bonds is 9. The summed E-state index contributed by atoms with van der Waals surface area (Å²) in [6, 6.07) is 16.6. The average Bonchev–Trinajstić information content (AvgIpc) is 2.83. The number of benzene rings is 3. The molecular formula is C21H21N9O6S3. The van der Waals surface area contributed by atoms with Crippen LogP contribution in [-0.4, -0.2) is 40.2 Å². The zero-order chi connectivity index (χ0) is 28.4. The van der Waals surface area contributed by atoms with E-state index in [2.05, 4.69) is 30.9 Å². The van der Waals surface area contributed by atoms with Crippen LogP contribution in [0.25, 0.3) is 0 Å². The molecule has 0 aliphatic carbocycles. The van der Waals surface area contributed by atoms with E-state index in [9.17, 15) is 25.3 Å². The van der Waals surface area contributed by atoms with Gasteiger partial charge in [0.1, 0.15) is 0 Å². The number of primary sulfonamides is 3. The Hall–Kier alpha value is -4.20. The van der Waals surface area contributed by atoms with Crippen LogP contribution in [0, 0.1) is 0 Å². The number of anilines is 6. The molecule has 1 aromatic heterocycles. The quantitative estimate of drug-likeness (QED) is 0.160. The minimum atomic E-state index is -3.88. The molecule has 4 aromatic rings. The third kappa shape index (κ3) is 7.44. The van der Waals surface area contributed by atoms with E-state index in [4.69, 9.17) is 15.4 Å². The summed E-state index contributed by atoms with van der Waals surface area (Å²) in [5.41, 5.74) is 1.29. The van der Waals surface area contributed by atoms with Gasteiger partial charge in [0.2, 0.25) is 47.9 Å². The van der Waals surface area contributed by atoms with E-state index in [0.717, 1.165) is 0 Å². The van der Waals surface area contributed by atoms with E-state index in [-0.39, 0.29) is 32.5 Å². The summed E-state index contributed by atoms with van der Waals surface area (Å²) >= 11 is 0. The first-order valence-electron chi connectivity index (χ1n) is 10.6. The smallest absolute Gasteiger partial charge is 0.238 e. The van der Waals surface area contributed by atoms with Crippen LogP contribution in [-0.2, 0) is 30.1 Å². The minimum Gasteiger partial charge on any atom is -0.324 e. The molecule has 0 saturated heterocycles. The predicted molar refractivity (Wildman–Crippen MR) is 143 cm³/mol. The highest BCUT2D eigenvalue weighted by Crippen LogP contribution is 2.23. The molecule has 15 nitrogen and oxygen atoms in total. The summed E-state index contributed by atoms with van der Waals surface area (Å²) in [6.45, 7) is 0. The fourth-order valence-corrected chi connectivity index (χ4v) is 4.66. The molecule has 0 radical (unpaired) electrons. The van der Waals surface area contributed by atoms with Crippen LogP contribution in [0.2, 0.25) is 0 Å². The Labute approximate surface area is 223 Å². The van der Waals surface area contributed by atoms with Crippen molar-refractivity contribution in [3.8, 4) is 0 Å². The summed E-state index contributed by atoms with van der Waals surface area (Å²) in [7, 11) is -11.6. The molecule has 0 fully saturated rings. The molecule has 0 aliphatic heterocycles. The molecule has 1 heterocycles. The van der Waals surface area contributed by atoms with Crippen LogP contribution in [0.15, 0.2) is 87.5 Å². The molecule has 204 valence electrons. The number of nitrogens with zero attached hydrogens (tertiary/aromatic N) is 3. The summed E-state index contributed by atoms with van der Waals surface area (Å²) in [4.78, 5) is 12.6. The maximum atomic E-state index is 11.5. The van der Waals surface area contributed by atoms with E-state index < -0.39 is 30.1 Å². The zero-order valence-corrected chi connectivity index (χ0v) is 22.1. The van der Waals surface area contributed by atoms with Crippen molar-refractivity contribution in [1.82, 2.24) is 15.0 Å². The number of hydrogen-bond donors (Lipinski definition) is 6. The van der Waals surface area contributed by atoms with Crippen molar-refractivity contribution in [1.29, 1.82) is 0 Å². The van der Waals surface area contributed by atoms with E-state index >= 15 is 0 Å². The molecule has 0 unspecified atom stereocenters. The van der Waals surface area contributed by atoms with Crippen LogP contribution in [0.4, 0.5) is 34.9 Å². The standard InChI is InChI=1S/C21H21N9O6S3/c22-37(31,32)16-7-1-13(2-8-16)25-19-28-20(26-14-3-9-17(10-4-14)38(23,33)34)30-21(29-19)27-15-5-11-18(12-6-15)39(24,35)36/h1-12H,(H2,22,31,32)(H2,23,33,34)(H2,24,35,36)(H3,25,26,27,28,29,30). The Morgan fingerprint density at radius 3 is 0.795 bits per heavy atom. The number of sulfonamides is 3. The molecular weight excluding hydrogens is 570 g/mol. The fraction of sp³-hybridized carbons (Fsp3) is 0. The summed E-state index contributed by atoms with van der Waals surface area (Å²) in [5.74, 6) is 0.127. The lowest BCUT2D eigenvalue weighted by Crippen LogP contribution is -2.12. The highest BCUT2D eigenvalue weighted by atomic mass is 32.2. The van der Waals surface area contributed by atoms with Gasteiger partial charge in [-0.15, -0.1) is 0 Å². The Morgan fingerprint density at radius 2 is 0.615 bits per heavy atom. The van der Waals surface area contributed by atoms with Gasteiger partial charge < -0.3 is 16.0 Å². The van der Waals surface area contributed by atoms with Gasteiger partial charge in [-0.2, -0.15) is 15.0 Å². The summed E-state index contributed by atoms with van der Waals surface area (Å²) in [5, 5.41) is 24.2. The fourth-order valence-electron chi connectivity index (χ4n) is 3.11. The second-order valence-corrected chi connectivity index (χ2v) is 12.6. The molecule has 9 N–H and O–H groups in total. The number of nitrogens with one attached hydrogen (secondary N) is 3. The van der Waals surface area contributed by atoms with Crippen molar-refractivity contribution in [2.24, 2.45) is 15.4 Å². The van der Waals surface area contributed by atoms with Crippen LogP contribution in [0.1, 0.15) is 0 Å². The molecule has 0 aliphatic rings. The number of nitrogens with two attached hydrogens (primary N) is 3. The summed E-state index contributed by atoms with van der Waals surface area (Å²) in [6.07, 6.45) is 0. The molecule has 39 heavy (non-hydrogen) atoms. The van der Waals surface area contributed by atoms with E-state index in [1.165, 1.54) is 72.8 Å². The van der Waals surface area contributed by atoms with Crippen LogP contribution >= 0.6 is 0 Å². The lowest BCUT2D eigenvalue weighted by molar-refractivity contribution is 0.596. The molecule has 0 amide bonds. The molecule has 0 atom stereocenters. The highest BCUT2D eigenvalue weighted by Gasteiger charge is 2.13. The zero-order valence-electron chi connectivity index (χ0n) is 19.7. The van der Waals surface area contributed by atoms with Crippen molar-refractivity contribution in [3.63, 3.8) is 0 Å². The van der Waals surface area contributed by atoms with Crippen molar-refractivity contribution in [3.05, 3.63) is 72.8 Å². The SMILES string of the molecule is NS(=O)(=O)c1ccc(Nc2nc(Nc3ccc(S(N)(=O)=O)cc3)nc(Nc3ccc(S(N)(=O)=O)cc3)n2)cc1. The first-order valence-corrected chi connectivity index (χ1v) is 15.3. The second kappa shape index (κ2) is 10.5. The largest absolute Gasteiger partial charge is 0.324 e. The minimum absolute atomic E-state index is 0.0423. The molecule has 0 bridgehead atoms. The Morgan fingerprint density at radius 1 is 0.410 bits per heavy atom. The van der Waals surface area contributed by atoms with Gasteiger partial charge in [0.25, 0.3) is 0 Å². The highest BCUT2D eigenvalue weighted by molar-refractivity contribution is 7.89. The predicted octanol–water partition coefficient (Wildman–Crippen LogP) is 1.04. The monoisotopic (exact) mass is 591 g/mol. The topological polar surface area (TPSA) is 255 Å². The van der Waals surface area contributed by atoms with E-state index in [0.29, 0.717) is 17.1 Å².